The van der Waals surface area contributed by atoms with Gasteiger partial charge < -0.3 is 9.92 Å². The highest BCUT2D eigenvalue weighted by molar-refractivity contribution is 7.94. The number of rotatable bonds is 4. The lowest BCUT2D eigenvalue weighted by molar-refractivity contribution is 0.346. The summed E-state index contributed by atoms with van der Waals surface area (Å²) in [5, 5.41) is 0. The third-order valence-corrected chi connectivity index (χ3v) is 1.07. The average molecular weight is 257 g/mol. The summed E-state index contributed by atoms with van der Waals surface area (Å²) in [6, 6.07) is 0.161. The van der Waals surface area contributed by atoms with Crippen LogP contribution in [0, 0.1) is 0 Å². The summed E-state index contributed by atoms with van der Waals surface area (Å²) >= 11 is 1.46. The second-order valence-electron chi connectivity index (χ2n) is 2.68. The van der Waals surface area contributed by atoms with Crippen molar-refractivity contribution in [3.63, 3.8) is 0 Å². The van der Waals surface area contributed by atoms with E-state index in [0.29, 0.717) is 6.61 Å². The fraction of sp³-hybridized carbons (Fsp3) is 1.00. The monoisotopic (exact) mass is 257 g/mol. The van der Waals surface area contributed by atoms with Gasteiger partial charge in [-0.05, 0) is 32.8 Å². The Bertz CT molecular complexity index is 80.7. The molecule has 0 aliphatic heterocycles. The highest BCUT2D eigenvalue weighted by Gasteiger charge is 1.91. The minimum Gasteiger partial charge on any atom is -0.326 e. The zero-order valence-corrected chi connectivity index (χ0v) is 13.2. The van der Waals surface area contributed by atoms with Gasteiger partial charge in [0.25, 0.3) is 0 Å². The molecule has 0 fully saturated rings. The molecule has 0 radical (unpaired) electrons. The van der Waals surface area contributed by atoms with E-state index in [9.17, 15) is 4.39 Å². The molecule has 2 N–H and O–H groups in total. The van der Waals surface area contributed by atoms with Crippen molar-refractivity contribution < 1.29 is 8.57 Å². The summed E-state index contributed by atoms with van der Waals surface area (Å²) in [5.41, 5.74) is 5.39. The number of alkyl halides is 1. The average Bonchev–Trinajstić information content (AvgIpc) is 2.23. The van der Waals surface area contributed by atoms with E-state index in [1.807, 2.05) is 41.5 Å². The Hall–Kier alpha value is 0.200. The molecule has 1 atom stereocenters. The van der Waals surface area contributed by atoms with Gasteiger partial charge in [0.05, 0.1) is 12.8 Å². The van der Waals surface area contributed by atoms with Crippen LogP contribution in [-0.2, 0) is 4.18 Å². The molecule has 0 aromatic heterocycles. The van der Waals surface area contributed by atoms with E-state index in [1.165, 1.54) is 25.9 Å². The Morgan fingerprint density at radius 2 is 1.44 bits per heavy atom. The van der Waals surface area contributed by atoms with Gasteiger partial charge in [0.2, 0.25) is 0 Å². The number of nitrogens with two attached hydrogens (primary N) is 1. The van der Waals surface area contributed by atoms with Crippen LogP contribution in [0.2, 0.25) is 0 Å². The highest BCUT2D eigenvalue weighted by atomic mass is 32.2. The summed E-state index contributed by atoms with van der Waals surface area (Å²) < 4.78 is 16.0. The molecular weight excluding hydrogens is 225 g/mol. The maximum absolute atomic E-state index is 11.0. The molecule has 0 aromatic carbocycles. The van der Waals surface area contributed by atoms with Crippen LogP contribution < -0.4 is 5.73 Å². The maximum atomic E-state index is 11.0. The van der Waals surface area contributed by atoms with Crippen molar-refractivity contribution in [1.29, 1.82) is 0 Å². The first-order valence-electron chi connectivity index (χ1n) is 6.14. The smallest absolute Gasteiger partial charge is 0.0945 e. The number of halogens is 1. The third kappa shape index (κ3) is 91.5. The summed E-state index contributed by atoms with van der Waals surface area (Å²) in [4.78, 5) is 0. The van der Waals surface area contributed by atoms with Gasteiger partial charge in [-0.1, -0.05) is 34.6 Å². The van der Waals surface area contributed by atoms with Crippen LogP contribution in [0.25, 0.3) is 0 Å². The SMILES string of the molecule is CC.CC.CC(C)F.CCSOCC(C)N. The van der Waals surface area contributed by atoms with Crippen LogP contribution >= 0.6 is 12.0 Å². The van der Waals surface area contributed by atoms with Crippen molar-refractivity contribution in [2.45, 2.75) is 67.6 Å². The first kappa shape index (κ1) is 25.1. The lowest BCUT2D eigenvalue weighted by Gasteiger charge is -2.02. The number of hydrogen-bond acceptors (Lipinski definition) is 3. The second-order valence-corrected chi connectivity index (χ2v) is 3.73. The van der Waals surface area contributed by atoms with Gasteiger partial charge in [-0.2, -0.15) is 0 Å². The van der Waals surface area contributed by atoms with E-state index < -0.39 is 6.17 Å². The Kier molecular flexibility index (Phi) is 46.3. The normalized spacial score (nSPS) is 9.94. The van der Waals surface area contributed by atoms with E-state index in [2.05, 4.69) is 0 Å². The first-order chi connectivity index (χ1) is 7.50. The third-order valence-electron chi connectivity index (χ3n) is 0.532. The molecule has 0 rings (SSSR count). The van der Waals surface area contributed by atoms with Crippen molar-refractivity contribution in [3.05, 3.63) is 0 Å². The maximum Gasteiger partial charge on any atom is 0.0945 e. The van der Waals surface area contributed by atoms with E-state index in [0.717, 1.165) is 5.75 Å². The fourth-order valence-electron chi connectivity index (χ4n) is 0.239. The van der Waals surface area contributed by atoms with E-state index in [1.54, 1.807) is 0 Å². The number of hydrogen-bond donors (Lipinski definition) is 1. The lowest BCUT2D eigenvalue weighted by atomic mass is 10.4. The van der Waals surface area contributed by atoms with Crippen molar-refractivity contribution >= 4 is 12.0 Å². The van der Waals surface area contributed by atoms with Crippen LogP contribution in [0.4, 0.5) is 4.39 Å². The van der Waals surface area contributed by atoms with Crippen LogP contribution in [0.5, 0.6) is 0 Å². The Balaban J connectivity index is -0.0000000761. The molecule has 0 amide bonds. The van der Waals surface area contributed by atoms with Crippen LogP contribution in [0.3, 0.4) is 0 Å². The minimum absolute atomic E-state index is 0.161. The first-order valence-corrected chi connectivity index (χ1v) is 7.05. The van der Waals surface area contributed by atoms with Gasteiger partial charge in [-0.15, -0.1) is 0 Å². The summed E-state index contributed by atoms with van der Waals surface area (Å²) in [6.45, 7) is 15.6. The molecule has 0 bridgehead atoms. The molecule has 0 aliphatic rings. The van der Waals surface area contributed by atoms with Crippen molar-refractivity contribution in [1.82, 2.24) is 0 Å². The Labute approximate surface area is 107 Å². The molecule has 104 valence electrons. The summed E-state index contributed by atoms with van der Waals surface area (Å²) in [5.74, 6) is 0.993. The zero-order chi connectivity index (χ0) is 14.0. The zero-order valence-electron chi connectivity index (χ0n) is 12.3. The van der Waals surface area contributed by atoms with Crippen LogP contribution in [-0.4, -0.2) is 24.6 Å². The van der Waals surface area contributed by atoms with Gasteiger partial charge in [0.1, 0.15) is 0 Å². The molecule has 2 nitrogen and oxygen atoms in total. The molecular formula is C12H32FNOS. The second kappa shape index (κ2) is 29.5. The van der Waals surface area contributed by atoms with Gasteiger partial charge >= 0.3 is 0 Å². The van der Waals surface area contributed by atoms with Gasteiger partial charge in [0, 0.05) is 11.8 Å². The van der Waals surface area contributed by atoms with Crippen LogP contribution in [0.1, 0.15) is 55.4 Å². The van der Waals surface area contributed by atoms with Crippen molar-refractivity contribution in [2.24, 2.45) is 5.73 Å². The molecule has 4 heteroatoms. The Morgan fingerprint density at radius 1 is 1.12 bits per heavy atom. The van der Waals surface area contributed by atoms with Gasteiger partial charge in [-0.25, -0.2) is 4.39 Å². The topological polar surface area (TPSA) is 35.2 Å². The van der Waals surface area contributed by atoms with Crippen molar-refractivity contribution in [2.75, 3.05) is 12.4 Å². The standard InChI is InChI=1S/C5H13NOS.C3H7F.2C2H6/c1-3-8-7-4-5(2)6;1-3(2)4;2*1-2/h5H,3-4,6H2,1-2H3;3H,1-2H3;2*1-2H3. The van der Waals surface area contributed by atoms with Crippen LogP contribution in [0.15, 0.2) is 0 Å². The molecule has 0 saturated carbocycles. The molecule has 0 heterocycles. The predicted octanol–water partition coefficient (Wildman–Crippen LogP) is 4.44. The Morgan fingerprint density at radius 3 is 1.62 bits per heavy atom. The molecule has 0 spiro atoms. The summed E-state index contributed by atoms with van der Waals surface area (Å²) in [6.07, 6.45) is -0.667. The van der Waals surface area contributed by atoms with Gasteiger partial charge in [0.15, 0.2) is 0 Å². The van der Waals surface area contributed by atoms with E-state index in [-0.39, 0.29) is 6.04 Å². The fourth-order valence-corrected chi connectivity index (χ4v) is 0.716. The molecule has 0 aromatic rings. The minimum atomic E-state index is -0.667. The van der Waals surface area contributed by atoms with Crippen molar-refractivity contribution in [3.8, 4) is 0 Å². The largest absolute Gasteiger partial charge is 0.326 e. The highest BCUT2D eigenvalue weighted by Crippen LogP contribution is 1.99. The predicted molar refractivity (Wildman–Crippen MR) is 76.7 cm³/mol. The molecule has 16 heavy (non-hydrogen) atoms. The van der Waals surface area contributed by atoms with E-state index in [4.69, 9.17) is 9.92 Å². The quantitative estimate of drug-likeness (QED) is 0.597. The molecule has 0 aliphatic carbocycles. The van der Waals surface area contributed by atoms with E-state index >= 15 is 0 Å². The molecule has 0 saturated heterocycles. The summed E-state index contributed by atoms with van der Waals surface area (Å²) in [7, 11) is 0. The lowest BCUT2D eigenvalue weighted by Crippen LogP contribution is -2.20. The van der Waals surface area contributed by atoms with Gasteiger partial charge in [-0.3, -0.25) is 0 Å². The molecule has 1 unspecified atom stereocenters.